The molecule has 1 unspecified atom stereocenters. The maximum Gasteiger partial charge on any atom is 0.305 e. The Morgan fingerprint density at radius 1 is 1.23 bits per heavy atom. The predicted molar refractivity (Wildman–Crippen MR) is 80.4 cm³/mol. The minimum absolute atomic E-state index is 0.0942. The minimum atomic E-state index is -0.911. The molecular weight excluding hydrogens is 280 g/mol. The Morgan fingerprint density at radius 3 is 2.77 bits per heavy atom. The lowest BCUT2D eigenvalue weighted by molar-refractivity contribution is -0.138. The molecule has 1 aliphatic heterocycles. The van der Waals surface area contributed by atoms with Gasteiger partial charge in [0.2, 0.25) is 0 Å². The van der Waals surface area contributed by atoms with Crippen LogP contribution in [0.2, 0.25) is 0 Å². The van der Waals surface area contributed by atoms with E-state index in [4.69, 9.17) is 0 Å². The summed E-state index contributed by atoms with van der Waals surface area (Å²) >= 11 is 0. The highest BCUT2D eigenvalue weighted by atomic mass is 16.4. The van der Waals surface area contributed by atoms with Crippen molar-refractivity contribution in [1.29, 1.82) is 0 Å². The molecule has 5 nitrogen and oxygen atoms in total. The number of hydrogen-bond acceptors (Lipinski definition) is 3. The lowest BCUT2D eigenvalue weighted by atomic mass is 9.90. The number of nitrogens with zero attached hydrogens (tertiary/aromatic N) is 2. The first kappa shape index (κ1) is 14.3. The highest BCUT2D eigenvalue weighted by Crippen LogP contribution is 2.33. The number of fused-ring (bicyclic) bond motifs is 1. The molecule has 0 fully saturated rings. The van der Waals surface area contributed by atoms with Crippen molar-refractivity contribution in [3.05, 3.63) is 65.5 Å². The number of rotatable bonds is 3. The van der Waals surface area contributed by atoms with Crippen molar-refractivity contribution in [2.75, 3.05) is 6.54 Å². The SMILES string of the molecule is O=C(O)CC1c2ccccc2CCN1C(=O)c1cccnc1. The van der Waals surface area contributed by atoms with E-state index in [2.05, 4.69) is 4.98 Å². The van der Waals surface area contributed by atoms with Crippen molar-refractivity contribution < 1.29 is 14.7 Å². The number of benzene rings is 1. The van der Waals surface area contributed by atoms with Gasteiger partial charge in [0.1, 0.15) is 0 Å². The van der Waals surface area contributed by atoms with Crippen LogP contribution in [0.4, 0.5) is 0 Å². The van der Waals surface area contributed by atoms with Gasteiger partial charge in [0.15, 0.2) is 0 Å². The van der Waals surface area contributed by atoms with Crippen LogP contribution in [0.25, 0.3) is 0 Å². The van der Waals surface area contributed by atoms with Crippen LogP contribution < -0.4 is 0 Å². The summed E-state index contributed by atoms with van der Waals surface area (Å²) in [7, 11) is 0. The number of aliphatic carboxylic acids is 1. The van der Waals surface area contributed by atoms with Gasteiger partial charge in [-0.05, 0) is 29.7 Å². The number of amides is 1. The monoisotopic (exact) mass is 296 g/mol. The summed E-state index contributed by atoms with van der Waals surface area (Å²) in [5, 5.41) is 9.21. The van der Waals surface area contributed by atoms with E-state index in [9.17, 15) is 14.7 Å². The average Bonchev–Trinajstić information content (AvgIpc) is 2.55. The molecule has 1 aromatic carbocycles. The van der Waals surface area contributed by atoms with Gasteiger partial charge in [0, 0.05) is 18.9 Å². The summed E-state index contributed by atoms with van der Waals surface area (Å²) in [5.74, 6) is -1.08. The second-order valence-electron chi connectivity index (χ2n) is 5.30. The lowest BCUT2D eigenvalue weighted by Gasteiger charge is -2.36. The second-order valence-corrected chi connectivity index (χ2v) is 5.30. The lowest BCUT2D eigenvalue weighted by Crippen LogP contribution is -2.41. The topological polar surface area (TPSA) is 70.5 Å². The zero-order chi connectivity index (χ0) is 15.5. The Balaban J connectivity index is 1.97. The number of carbonyl (C=O) groups excluding carboxylic acids is 1. The Labute approximate surface area is 128 Å². The quantitative estimate of drug-likeness (QED) is 0.943. The summed E-state index contributed by atoms with van der Waals surface area (Å²) in [4.78, 5) is 29.5. The molecule has 22 heavy (non-hydrogen) atoms. The van der Waals surface area contributed by atoms with E-state index in [-0.39, 0.29) is 12.3 Å². The first-order valence-electron chi connectivity index (χ1n) is 7.17. The maximum atomic E-state index is 12.7. The van der Waals surface area contributed by atoms with E-state index >= 15 is 0 Å². The van der Waals surface area contributed by atoms with Crippen LogP contribution in [-0.2, 0) is 11.2 Å². The molecule has 1 amide bonds. The summed E-state index contributed by atoms with van der Waals surface area (Å²) in [6, 6.07) is 10.7. The molecule has 0 saturated carbocycles. The van der Waals surface area contributed by atoms with Crippen LogP contribution in [-0.4, -0.2) is 33.4 Å². The molecule has 112 valence electrons. The van der Waals surface area contributed by atoms with Crippen LogP contribution in [0.5, 0.6) is 0 Å². The summed E-state index contributed by atoms with van der Waals surface area (Å²) in [6.45, 7) is 0.517. The van der Waals surface area contributed by atoms with Gasteiger partial charge in [-0.25, -0.2) is 0 Å². The highest BCUT2D eigenvalue weighted by Gasteiger charge is 2.32. The van der Waals surface area contributed by atoms with E-state index in [0.29, 0.717) is 12.1 Å². The summed E-state index contributed by atoms with van der Waals surface area (Å²) in [5.41, 5.74) is 2.52. The molecule has 1 aromatic heterocycles. The van der Waals surface area contributed by atoms with Crippen molar-refractivity contribution in [2.45, 2.75) is 18.9 Å². The Morgan fingerprint density at radius 2 is 2.05 bits per heavy atom. The molecule has 1 aliphatic rings. The summed E-state index contributed by atoms with van der Waals surface area (Å²) in [6.07, 6.45) is 3.76. The Kier molecular flexibility index (Phi) is 3.87. The van der Waals surface area contributed by atoms with E-state index in [1.807, 2.05) is 24.3 Å². The van der Waals surface area contributed by atoms with E-state index in [0.717, 1.165) is 17.5 Å². The van der Waals surface area contributed by atoms with Gasteiger partial charge in [-0.1, -0.05) is 24.3 Å². The fraction of sp³-hybridized carbons (Fsp3) is 0.235. The van der Waals surface area contributed by atoms with Gasteiger partial charge < -0.3 is 10.0 Å². The molecule has 2 aromatic rings. The van der Waals surface area contributed by atoms with Crippen molar-refractivity contribution >= 4 is 11.9 Å². The van der Waals surface area contributed by atoms with Crippen LogP contribution in [0.3, 0.4) is 0 Å². The summed E-state index contributed by atoms with van der Waals surface area (Å²) < 4.78 is 0. The number of carboxylic acids is 1. The first-order chi connectivity index (χ1) is 10.7. The van der Waals surface area contributed by atoms with E-state index < -0.39 is 12.0 Å². The maximum absolute atomic E-state index is 12.7. The molecule has 0 aliphatic carbocycles. The molecule has 2 heterocycles. The molecule has 5 heteroatoms. The van der Waals surface area contributed by atoms with Crippen molar-refractivity contribution in [3.63, 3.8) is 0 Å². The number of aromatic nitrogens is 1. The molecule has 0 saturated heterocycles. The molecule has 1 atom stereocenters. The standard InChI is InChI=1S/C17H16N2O3/c20-16(21)10-15-14-6-2-1-4-12(14)7-9-19(15)17(22)13-5-3-8-18-11-13/h1-6,8,11,15H,7,9-10H2,(H,20,21). The number of carboxylic acid groups (broad SMARTS) is 1. The third-order valence-electron chi connectivity index (χ3n) is 3.95. The number of carbonyl (C=O) groups is 2. The van der Waals surface area contributed by atoms with Crippen LogP contribution in [0.1, 0.15) is 33.9 Å². The zero-order valence-electron chi connectivity index (χ0n) is 12.0. The fourth-order valence-electron chi connectivity index (χ4n) is 2.94. The third-order valence-corrected chi connectivity index (χ3v) is 3.95. The van der Waals surface area contributed by atoms with Crippen molar-refractivity contribution in [2.24, 2.45) is 0 Å². The molecular formula is C17H16N2O3. The Hall–Kier alpha value is -2.69. The largest absolute Gasteiger partial charge is 0.481 e. The first-order valence-corrected chi connectivity index (χ1v) is 7.17. The molecule has 0 radical (unpaired) electrons. The molecule has 0 bridgehead atoms. The van der Waals surface area contributed by atoms with E-state index in [1.165, 1.54) is 6.20 Å². The predicted octanol–water partition coefficient (Wildman–Crippen LogP) is 2.30. The smallest absolute Gasteiger partial charge is 0.305 e. The van der Waals surface area contributed by atoms with Gasteiger partial charge in [-0.15, -0.1) is 0 Å². The van der Waals surface area contributed by atoms with E-state index in [1.54, 1.807) is 23.2 Å². The van der Waals surface area contributed by atoms with Gasteiger partial charge in [-0.3, -0.25) is 14.6 Å². The fourth-order valence-corrected chi connectivity index (χ4v) is 2.94. The van der Waals surface area contributed by atoms with Gasteiger partial charge >= 0.3 is 5.97 Å². The molecule has 0 spiro atoms. The Bertz CT molecular complexity index is 700. The minimum Gasteiger partial charge on any atom is -0.481 e. The highest BCUT2D eigenvalue weighted by molar-refractivity contribution is 5.94. The van der Waals surface area contributed by atoms with Gasteiger partial charge in [0.05, 0.1) is 18.0 Å². The van der Waals surface area contributed by atoms with Crippen molar-refractivity contribution in [1.82, 2.24) is 9.88 Å². The third kappa shape index (κ3) is 2.70. The normalized spacial score (nSPS) is 16.9. The molecule has 1 N–H and O–H groups in total. The van der Waals surface area contributed by atoms with Crippen LogP contribution in [0, 0.1) is 0 Å². The zero-order valence-corrected chi connectivity index (χ0v) is 12.0. The number of pyridine rings is 1. The average molecular weight is 296 g/mol. The van der Waals surface area contributed by atoms with Crippen molar-refractivity contribution in [3.8, 4) is 0 Å². The van der Waals surface area contributed by atoms with Gasteiger partial charge in [0.25, 0.3) is 5.91 Å². The second kappa shape index (κ2) is 5.97. The van der Waals surface area contributed by atoms with Gasteiger partial charge in [-0.2, -0.15) is 0 Å². The van der Waals surface area contributed by atoms with Crippen LogP contribution in [0.15, 0.2) is 48.8 Å². The van der Waals surface area contributed by atoms with Crippen LogP contribution >= 0.6 is 0 Å². The molecule has 3 rings (SSSR count). The number of hydrogen-bond donors (Lipinski definition) is 1.